The number of hydrogen-bond donors (Lipinski definition) is 2. The molecule has 33 heavy (non-hydrogen) atoms. The van der Waals surface area contributed by atoms with Crippen molar-refractivity contribution in [2.45, 2.75) is 51.2 Å². The van der Waals surface area contributed by atoms with Crippen LogP contribution in [0.25, 0.3) is 5.82 Å². The molecule has 2 N–H and O–H groups in total. The maximum atomic E-state index is 12.3. The van der Waals surface area contributed by atoms with E-state index in [0.29, 0.717) is 30.5 Å². The normalized spacial score (nSPS) is 11.6. The van der Waals surface area contributed by atoms with Gasteiger partial charge in [0, 0.05) is 24.8 Å². The van der Waals surface area contributed by atoms with Crippen LogP contribution in [0.2, 0.25) is 0 Å². The smallest absolute Gasteiger partial charge is 0.224 e. The van der Waals surface area contributed by atoms with Crippen LogP contribution in [0.1, 0.15) is 36.6 Å². The van der Waals surface area contributed by atoms with Gasteiger partial charge in [0.2, 0.25) is 5.91 Å². The number of rotatable bonds is 9. The number of nitrogens with zero attached hydrogens (tertiary/aromatic N) is 4. The summed E-state index contributed by atoms with van der Waals surface area (Å²) in [7, 11) is -3.32. The van der Waals surface area contributed by atoms with Gasteiger partial charge in [-0.05, 0) is 58.4 Å². The zero-order valence-corrected chi connectivity index (χ0v) is 20.4. The van der Waals surface area contributed by atoms with Gasteiger partial charge in [-0.3, -0.25) is 4.79 Å². The van der Waals surface area contributed by atoms with Crippen molar-refractivity contribution in [3.05, 3.63) is 59.2 Å². The van der Waals surface area contributed by atoms with Crippen LogP contribution in [0, 0.1) is 20.8 Å². The maximum Gasteiger partial charge on any atom is 0.224 e. The fourth-order valence-electron chi connectivity index (χ4n) is 3.32. The molecule has 2 aromatic heterocycles. The van der Waals surface area contributed by atoms with Gasteiger partial charge in [0.25, 0.3) is 0 Å². The standard InChI is InChI=1S/C23H30N6O3S/c1-15(2)33(31,32)20-8-6-19(7-9-20)13-23(30)25-11-10-24-21-14-22(27-18(5)26-21)29-17(4)12-16(3)28-29/h6-9,12,14-15H,10-11,13H2,1-5H3,(H,25,30)(H,24,26,27). The van der Waals surface area contributed by atoms with Crippen molar-refractivity contribution in [3.63, 3.8) is 0 Å². The molecule has 2 heterocycles. The number of amides is 1. The van der Waals surface area contributed by atoms with Crippen LogP contribution < -0.4 is 10.6 Å². The Labute approximate surface area is 194 Å². The van der Waals surface area contributed by atoms with E-state index in [0.717, 1.165) is 17.0 Å². The first-order valence-corrected chi connectivity index (χ1v) is 12.3. The summed E-state index contributed by atoms with van der Waals surface area (Å²) in [5.41, 5.74) is 2.65. The third-order valence-electron chi connectivity index (χ3n) is 5.04. The lowest BCUT2D eigenvalue weighted by atomic mass is 10.1. The lowest BCUT2D eigenvalue weighted by Gasteiger charge is -2.11. The molecule has 0 bridgehead atoms. The highest BCUT2D eigenvalue weighted by molar-refractivity contribution is 7.92. The number of carbonyl (C=O) groups is 1. The summed E-state index contributed by atoms with van der Waals surface area (Å²) in [6.45, 7) is 9.92. The van der Waals surface area contributed by atoms with E-state index in [1.54, 1.807) is 42.8 Å². The second-order valence-corrected chi connectivity index (χ2v) is 10.7. The summed E-state index contributed by atoms with van der Waals surface area (Å²) in [5, 5.41) is 10.0. The first-order valence-electron chi connectivity index (χ1n) is 10.8. The van der Waals surface area contributed by atoms with Crippen LogP contribution in [0.4, 0.5) is 5.82 Å². The molecule has 0 atom stereocenters. The molecule has 0 saturated heterocycles. The molecule has 0 spiro atoms. The van der Waals surface area contributed by atoms with E-state index in [-0.39, 0.29) is 17.2 Å². The van der Waals surface area contributed by atoms with Crippen molar-refractivity contribution < 1.29 is 13.2 Å². The predicted octanol–water partition coefficient (Wildman–Crippen LogP) is 2.54. The first kappa shape index (κ1) is 24.4. The van der Waals surface area contributed by atoms with Gasteiger partial charge in [0.15, 0.2) is 15.7 Å². The van der Waals surface area contributed by atoms with Crippen LogP contribution in [-0.2, 0) is 21.1 Å². The predicted molar refractivity (Wildman–Crippen MR) is 127 cm³/mol. The molecule has 176 valence electrons. The quantitative estimate of drug-likeness (QED) is 0.461. The molecule has 1 aromatic carbocycles. The zero-order valence-electron chi connectivity index (χ0n) is 19.6. The molecule has 9 nitrogen and oxygen atoms in total. The number of aromatic nitrogens is 4. The van der Waals surface area contributed by atoms with Crippen LogP contribution in [0.3, 0.4) is 0 Å². The van der Waals surface area contributed by atoms with E-state index < -0.39 is 15.1 Å². The SMILES string of the molecule is Cc1cc(C)n(-c2cc(NCCNC(=O)Cc3ccc(S(=O)(=O)C(C)C)cc3)nc(C)n2)n1. The Morgan fingerprint density at radius 1 is 1.03 bits per heavy atom. The Morgan fingerprint density at radius 2 is 1.73 bits per heavy atom. The Kier molecular flexibility index (Phi) is 7.47. The maximum absolute atomic E-state index is 12.3. The molecule has 3 rings (SSSR count). The van der Waals surface area contributed by atoms with Crippen LogP contribution in [0.5, 0.6) is 0 Å². The lowest BCUT2D eigenvalue weighted by Crippen LogP contribution is -2.30. The zero-order chi connectivity index (χ0) is 24.2. The van der Waals surface area contributed by atoms with Gasteiger partial charge >= 0.3 is 0 Å². The largest absolute Gasteiger partial charge is 0.368 e. The Hall–Kier alpha value is -3.27. The molecule has 1 amide bonds. The molecular formula is C23H30N6O3S. The van der Waals surface area contributed by atoms with Crippen molar-refractivity contribution in [1.82, 2.24) is 25.1 Å². The minimum Gasteiger partial charge on any atom is -0.368 e. The fraction of sp³-hybridized carbons (Fsp3) is 0.391. The number of anilines is 1. The molecule has 10 heteroatoms. The third kappa shape index (κ3) is 6.16. The minimum absolute atomic E-state index is 0.140. The van der Waals surface area contributed by atoms with Crippen molar-refractivity contribution >= 4 is 21.6 Å². The highest BCUT2D eigenvalue weighted by Crippen LogP contribution is 2.17. The van der Waals surface area contributed by atoms with E-state index in [1.165, 1.54) is 0 Å². The molecule has 0 radical (unpaired) electrons. The number of carbonyl (C=O) groups excluding carboxylic acids is 1. The van der Waals surface area contributed by atoms with E-state index >= 15 is 0 Å². The van der Waals surface area contributed by atoms with Crippen molar-refractivity contribution in [2.24, 2.45) is 0 Å². The summed E-state index contributed by atoms with van der Waals surface area (Å²) in [4.78, 5) is 21.4. The summed E-state index contributed by atoms with van der Waals surface area (Å²) >= 11 is 0. The molecule has 3 aromatic rings. The topological polar surface area (TPSA) is 119 Å². The van der Waals surface area contributed by atoms with E-state index in [9.17, 15) is 13.2 Å². The first-order chi connectivity index (χ1) is 15.6. The van der Waals surface area contributed by atoms with Crippen molar-refractivity contribution in [3.8, 4) is 5.82 Å². The third-order valence-corrected chi connectivity index (χ3v) is 7.21. The average Bonchev–Trinajstić information content (AvgIpc) is 3.09. The van der Waals surface area contributed by atoms with Gasteiger partial charge in [-0.15, -0.1) is 0 Å². The number of nitrogens with one attached hydrogen (secondary N) is 2. The van der Waals surface area contributed by atoms with Gasteiger partial charge in [0.05, 0.1) is 22.3 Å². The van der Waals surface area contributed by atoms with E-state index in [4.69, 9.17) is 0 Å². The number of benzene rings is 1. The second-order valence-electron chi connectivity index (χ2n) is 8.19. The van der Waals surface area contributed by atoms with Crippen molar-refractivity contribution in [1.29, 1.82) is 0 Å². The highest BCUT2D eigenvalue weighted by Gasteiger charge is 2.18. The summed E-state index contributed by atoms with van der Waals surface area (Å²) in [6, 6.07) is 10.3. The molecule has 0 aliphatic rings. The highest BCUT2D eigenvalue weighted by atomic mass is 32.2. The van der Waals surface area contributed by atoms with Gasteiger partial charge in [-0.25, -0.2) is 23.1 Å². The van der Waals surface area contributed by atoms with Gasteiger partial charge < -0.3 is 10.6 Å². The van der Waals surface area contributed by atoms with E-state index in [1.807, 2.05) is 32.9 Å². The summed E-state index contributed by atoms with van der Waals surface area (Å²) in [5.74, 6) is 1.82. The van der Waals surface area contributed by atoms with Gasteiger partial charge in [-0.1, -0.05) is 12.1 Å². The Morgan fingerprint density at radius 3 is 2.33 bits per heavy atom. The van der Waals surface area contributed by atoms with Crippen LogP contribution in [0.15, 0.2) is 41.3 Å². The van der Waals surface area contributed by atoms with E-state index in [2.05, 4.69) is 25.7 Å². The van der Waals surface area contributed by atoms with Crippen LogP contribution in [-0.4, -0.2) is 52.4 Å². The monoisotopic (exact) mass is 470 g/mol. The Balaban J connectivity index is 1.51. The molecule has 0 fully saturated rings. The van der Waals surface area contributed by atoms with Gasteiger partial charge in [-0.2, -0.15) is 5.10 Å². The number of hydrogen-bond acceptors (Lipinski definition) is 7. The van der Waals surface area contributed by atoms with Crippen LogP contribution >= 0.6 is 0 Å². The lowest BCUT2D eigenvalue weighted by molar-refractivity contribution is -0.120. The fourth-order valence-corrected chi connectivity index (χ4v) is 4.38. The molecular weight excluding hydrogens is 440 g/mol. The molecule has 0 unspecified atom stereocenters. The Bertz CT molecular complexity index is 1230. The molecule has 0 saturated carbocycles. The molecule has 0 aliphatic heterocycles. The summed E-state index contributed by atoms with van der Waals surface area (Å²) in [6.07, 6.45) is 0.177. The summed E-state index contributed by atoms with van der Waals surface area (Å²) < 4.78 is 26.2. The average molecular weight is 471 g/mol. The number of aryl methyl sites for hydroxylation is 3. The second kappa shape index (κ2) is 10.1. The van der Waals surface area contributed by atoms with Crippen molar-refractivity contribution in [2.75, 3.05) is 18.4 Å². The number of sulfone groups is 1. The molecule has 0 aliphatic carbocycles. The van der Waals surface area contributed by atoms with Gasteiger partial charge in [0.1, 0.15) is 11.6 Å². The minimum atomic E-state index is -3.32.